The lowest BCUT2D eigenvalue weighted by atomic mass is 10.0. The number of nitrogens with zero attached hydrogens (tertiary/aromatic N) is 2. The molecule has 0 aliphatic heterocycles. The molecule has 0 radical (unpaired) electrons. The van der Waals surface area contributed by atoms with Gasteiger partial charge in [-0.15, -0.1) is 0 Å². The van der Waals surface area contributed by atoms with Crippen LogP contribution < -0.4 is 0 Å². The van der Waals surface area contributed by atoms with Gasteiger partial charge in [-0.3, -0.25) is 0 Å². The first kappa shape index (κ1) is 17.3. The molecule has 0 N–H and O–H groups in total. The van der Waals surface area contributed by atoms with Crippen LogP contribution in [0.5, 0.6) is 0 Å². The number of hydrogen-bond acceptors (Lipinski definition) is 1. The van der Waals surface area contributed by atoms with E-state index in [0.29, 0.717) is 0 Å². The Bertz CT molecular complexity index is 987. The van der Waals surface area contributed by atoms with E-state index in [1.54, 1.807) is 0 Å². The van der Waals surface area contributed by atoms with Crippen molar-refractivity contribution in [3.63, 3.8) is 0 Å². The van der Waals surface area contributed by atoms with Gasteiger partial charge in [0.1, 0.15) is 5.82 Å². The van der Waals surface area contributed by atoms with Gasteiger partial charge in [0.2, 0.25) is 0 Å². The molecule has 4 aromatic rings. The van der Waals surface area contributed by atoms with Crippen molar-refractivity contribution in [2.24, 2.45) is 0 Å². The third-order valence-corrected chi connectivity index (χ3v) is 4.80. The van der Waals surface area contributed by atoms with Crippen LogP contribution in [0.25, 0.3) is 22.5 Å². The first-order chi connectivity index (χ1) is 13.4. The molecule has 1 heterocycles. The SMILES string of the molecule is CCCc1nc(-c2ccccc2)c(-c2ccccc2)n1Cc1ccccc1. The molecule has 1 aromatic heterocycles. The largest absolute Gasteiger partial charge is 0.323 e. The fourth-order valence-corrected chi connectivity index (χ4v) is 3.54. The summed E-state index contributed by atoms with van der Waals surface area (Å²) >= 11 is 0. The molecule has 0 aliphatic rings. The highest BCUT2D eigenvalue weighted by Crippen LogP contribution is 2.33. The lowest BCUT2D eigenvalue weighted by Crippen LogP contribution is -2.07. The summed E-state index contributed by atoms with van der Waals surface area (Å²) in [6.45, 7) is 3.05. The average molecular weight is 352 g/mol. The Kier molecular flexibility index (Phi) is 5.15. The molecule has 2 nitrogen and oxygen atoms in total. The number of benzene rings is 3. The number of imidazole rings is 1. The van der Waals surface area contributed by atoms with Crippen molar-refractivity contribution < 1.29 is 0 Å². The van der Waals surface area contributed by atoms with E-state index in [1.807, 2.05) is 0 Å². The molecule has 0 fully saturated rings. The minimum atomic E-state index is 0.834. The van der Waals surface area contributed by atoms with Crippen LogP contribution in [-0.4, -0.2) is 9.55 Å². The summed E-state index contributed by atoms with van der Waals surface area (Å²) < 4.78 is 2.40. The van der Waals surface area contributed by atoms with Crippen molar-refractivity contribution in [2.75, 3.05) is 0 Å². The summed E-state index contributed by atoms with van der Waals surface area (Å²) in [5.41, 5.74) is 5.95. The molecule has 134 valence electrons. The molecule has 0 spiro atoms. The third kappa shape index (κ3) is 3.70. The molecule has 4 rings (SSSR count). The molecule has 0 atom stereocenters. The smallest absolute Gasteiger partial charge is 0.110 e. The molecule has 0 bridgehead atoms. The number of hydrogen-bond donors (Lipinski definition) is 0. The topological polar surface area (TPSA) is 17.8 Å². The molecule has 0 saturated carbocycles. The highest BCUT2D eigenvalue weighted by molar-refractivity contribution is 5.79. The van der Waals surface area contributed by atoms with Crippen LogP contribution in [0.15, 0.2) is 91.0 Å². The highest BCUT2D eigenvalue weighted by Gasteiger charge is 2.19. The Morgan fingerprint density at radius 2 is 1.26 bits per heavy atom. The quantitative estimate of drug-likeness (QED) is 0.403. The molecule has 2 heteroatoms. The lowest BCUT2D eigenvalue weighted by Gasteiger charge is -2.13. The van der Waals surface area contributed by atoms with E-state index in [0.717, 1.165) is 30.9 Å². The van der Waals surface area contributed by atoms with Gasteiger partial charge in [-0.1, -0.05) is 97.9 Å². The number of aromatic nitrogens is 2. The summed E-state index contributed by atoms with van der Waals surface area (Å²) in [6, 6.07) is 31.8. The first-order valence-corrected chi connectivity index (χ1v) is 9.61. The fourth-order valence-electron chi connectivity index (χ4n) is 3.54. The number of aryl methyl sites for hydroxylation is 1. The summed E-state index contributed by atoms with van der Waals surface area (Å²) in [7, 11) is 0. The lowest BCUT2D eigenvalue weighted by molar-refractivity contribution is 0.710. The summed E-state index contributed by atoms with van der Waals surface area (Å²) in [4.78, 5) is 5.11. The second-order valence-corrected chi connectivity index (χ2v) is 6.78. The molecule has 0 aliphatic carbocycles. The predicted octanol–water partition coefficient (Wildman–Crippen LogP) is 6.22. The monoisotopic (exact) mass is 352 g/mol. The number of rotatable bonds is 6. The minimum Gasteiger partial charge on any atom is -0.323 e. The normalized spacial score (nSPS) is 10.9. The fraction of sp³-hybridized carbons (Fsp3) is 0.160. The average Bonchev–Trinajstić information content (AvgIpc) is 3.08. The van der Waals surface area contributed by atoms with Crippen LogP contribution in [0.3, 0.4) is 0 Å². The van der Waals surface area contributed by atoms with Gasteiger partial charge in [-0.25, -0.2) is 4.98 Å². The van der Waals surface area contributed by atoms with Crippen molar-refractivity contribution in [1.82, 2.24) is 9.55 Å². The van der Waals surface area contributed by atoms with Crippen molar-refractivity contribution in [2.45, 2.75) is 26.3 Å². The maximum absolute atomic E-state index is 5.11. The first-order valence-electron chi connectivity index (χ1n) is 9.61. The Morgan fingerprint density at radius 1 is 0.704 bits per heavy atom. The molecule has 0 saturated heterocycles. The van der Waals surface area contributed by atoms with Gasteiger partial charge < -0.3 is 4.57 Å². The van der Waals surface area contributed by atoms with Crippen LogP contribution in [0.4, 0.5) is 0 Å². The van der Waals surface area contributed by atoms with Crippen LogP contribution in [-0.2, 0) is 13.0 Å². The van der Waals surface area contributed by atoms with Crippen LogP contribution in [0.2, 0.25) is 0 Å². The van der Waals surface area contributed by atoms with E-state index in [9.17, 15) is 0 Å². The van der Waals surface area contributed by atoms with Gasteiger partial charge in [-0.2, -0.15) is 0 Å². The minimum absolute atomic E-state index is 0.834. The highest BCUT2D eigenvalue weighted by atomic mass is 15.1. The summed E-state index contributed by atoms with van der Waals surface area (Å²) in [5, 5.41) is 0. The Hall–Kier alpha value is -3.13. The van der Waals surface area contributed by atoms with Crippen LogP contribution >= 0.6 is 0 Å². The van der Waals surface area contributed by atoms with Gasteiger partial charge in [0, 0.05) is 24.1 Å². The maximum Gasteiger partial charge on any atom is 0.110 e. The Balaban J connectivity index is 1.93. The van der Waals surface area contributed by atoms with E-state index in [-0.39, 0.29) is 0 Å². The molecule has 0 unspecified atom stereocenters. The van der Waals surface area contributed by atoms with E-state index >= 15 is 0 Å². The van der Waals surface area contributed by atoms with E-state index in [2.05, 4.69) is 102 Å². The molecule has 0 amide bonds. The zero-order valence-electron chi connectivity index (χ0n) is 15.7. The van der Waals surface area contributed by atoms with Gasteiger partial charge >= 0.3 is 0 Å². The van der Waals surface area contributed by atoms with Crippen molar-refractivity contribution in [3.05, 3.63) is 102 Å². The summed E-state index contributed by atoms with van der Waals surface area (Å²) in [6.07, 6.45) is 2.05. The van der Waals surface area contributed by atoms with Gasteiger partial charge in [0.15, 0.2) is 0 Å². The van der Waals surface area contributed by atoms with Crippen LogP contribution in [0, 0.1) is 0 Å². The van der Waals surface area contributed by atoms with Crippen molar-refractivity contribution in [1.29, 1.82) is 0 Å². The Morgan fingerprint density at radius 3 is 1.85 bits per heavy atom. The standard InChI is InChI=1S/C25H24N2/c1-2-12-23-26-24(21-15-8-4-9-16-21)25(22-17-10-5-11-18-22)27(23)19-20-13-6-3-7-14-20/h3-11,13-18H,2,12,19H2,1H3. The Labute approximate surface area is 161 Å². The molecular formula is C25H24N2. The van der Waals surface area contributed by atoms with Crippen molar-refractivity contribution in [3.8, 4) is 22.5 Å². The van der Waals surface area contributed by atoms with Crippen molar-refractivity contribution >= 4 is 0 Å². The second kappa shape index (κ2) is 8.05. The van der Waals surface area contributed by atoms with E-state index in [1.165, 1.54) is 22.4 Å². The van der Waals surface area contributed by atoms with E-state index < -0.39 is 0 Å². The third-order valence-electron chi connectivity index (χ3n) is 4.80. The maximum atomic E-state index is 5.11. The zero-order chi connectivity index (χ0) is 18.5. The van der Waals surface area contributed by atoms with Gasteiger partial charge in [0.05, 0.1) is 11.4 Å². The molecule has 3 aromatic carbocycles. The zero-order valence-corrected chi connectivity index (χ0v) is 15.7. The van der Waals surface area contributed by atoms with E-state index in [4.69, 9.17) is 4.98 Å². The predicted molar refractivity (Wildman–Crippen MR) is 113 cm³/mol. The van der Waals surface area contributed by atoms with Gasteiger partial charge in [0.25, 0.3) is 0 Å². The second-order valence-electron chi connectivity index (χ2n) is 6.78. The van der Waals surface area contributed by atoms with Crippen LogP contribution in [0.1, 0.15) is 24.7 Å². The summed E-state index contributed by atoms with van der Waals surface area (Å²) in [5.74, 6) is 1.15. The molecule has 27 heavy (non-hydrogen) atoms. The molecular weight excluding hydrogens is 328 g/mol. The van der Waals surface area contributed by atoms with Gasteiger partial charge in [-0.05, 0) is 12.0 Å².